The molecule has 1 fully saturated rings. The number of nitriles is 1. The van der Waals surface area contributed by atoms with Crippen molar-refractivity contribution >= 4 is 5.97 Å². The molecule has 3 rings (SSSR count). The molecule has 0 amide bonds. The number of carbonyl (C=O) groups is 1. The molecule has 0 aliphatic heterocycles. The van der Waals surface area contributed by atoms with Gasteiger partial charge in [0.25, 0.3) is 0 Å². The van der Waals surface area contributed by atoms with Crippen LogP contribution in [0.2, 0.25) is 0 Å². The predicted octanol–water partition coefficient (Wildman–Crippen LogP) is 11.4. The number of aryl methyl sites for hydroxylation is 1. The third-order valence-corrected chi connectivity index (χ3v) is 9.25. The van der Waals surface area contributed by atoms with E-state index >= 15 is 0 Å². The second kappa shape index (κ2) is 21.0. The number of esters is 1. The Kier molecular flexibility index (Phi) is 16.9. The summed E-state index contributed by atoms with van der Waals surface area (Å²) in [6, 6.07) is 15.0. The van der Waals surface area contributed by atoms with Gasteiger partial charge in [0.1, 0.15) is 17.6 Å². The highest BCUT2D eigenvalue weighted by Gasteiger charge is 2.21. The zero-order chi connectivity index (χ0) is 30.5. The number of hydrogen-bond donors (Lipinski definition) is 0. The zero-order valence-corrected chi connectivity index (χ0v) is 27.2. The molecule has 0 heterocycles. The van der Waals surface area contributed by atoms with Crippen LogP contribution in [0.1, 0.15) is 157 Å². The summed E-state index contributed by atoms with van der Waals surface area (Å²) >= 11 is 0. The molecule has 236 valence electrons. The number of hydrogen-bond acceptors (Lipinski definition) is 4. The van der Waals surface area contributed by atoms with Crippen LogP contribution in [0, 0.1) is 23.2 Å². The van der Waals surface area contributed by atoms with E-state index in [4.69, 9.17) is 9.47 Å². The lowest BCUT2D eigenvalue weighted by Crippen LogP contribution is -2.15. The van der Waals surface area contributed by atoms with E-state index in [1.54, 1.807) is 18.2 Å². The molecule has 1 saturated carbocycles. The van der Waals surface area contributed by atoms with E-state index in [2.05, 4.69) is 19.9 Å². The first-order chi connectivity index (χ1) is 21.1. The quantitative estimate of drug-likeness (QED) is 0.0828. The lowest BCUT2D eigenvalue weighted by molar-refractivity contribution is 0.0734. The zero-order valence-electron chi connectivity index (χ0n) is 27.2. The maximum Gasteiger partial charge on any atom is 0.343 e. The monoisotopic (exact) mass is 587 g/mol. The second-order valence-electron chi connectivity index (χ2n) is 12.8. The van der Waals surface area contributed by atoms with E-state index in [1.807, 2.05) is 24.3 Å². The van der Waals surface area contributed by atoms with Gasteiger partial charge in [0.15, 0.2) is 0 Å². The minimum Gasteiger partial charge on any atom is -0.494 e. The molecule has 0 radical (unpaired) electrons. The van der Waals surface area contributed by atoms with Crippen LogP contribution < -0.4 is 9.47 Å². The van der Waals surface area contributed by atoms with Gasteiger partial charge in [0, 0.05) is 0 Å². The van der Waals surface area contributed by atoms with Gasteiger partial charge in [0.2, 0.25) is 0 Å². The van der Waals surface area contributed by atoms with Crippen molar-refractivity contribution in [2.45, 2.75) is 142 Å². The van der Waals surface area contributed by atoms with Crippen LogP contribution in [0.15, 0.2) is 42.5 Å². The van der Waals surface area contributed by atoms with Gasteiger partial charge in [-0.2, -0.15) is 5.26 Å². The maximum absolute atomic E-state index is 12.8. The summed E-state index contributed by atoms with van der Waals surface area (Å²) in [6.07, 6.45) is 26.0. The molecular formula is C39H57NO3. The summed E-state index contributed by atoms with van der Waals surface area (Å²) in [4.78, 5) is 12.8. The van der Waals surface area contributed by atoms with Crippen molar-refractivity contribution in [1.29, 1.82) is 5.26 Å². The molecule has 2 aromatic rings. The van der Waals surface area contributed by atoms with Crippen LogP contribution in [-0.2, 0) is 6.42 Å². The van der Waals surface area contributed by atoms with Gasteiger partial charge in [-0.3, -0.25) is 0 Å². The number of benzene rings is 2. The van der Waals surface area contributed by atoms with Crippen LogP contribution in [0.5, 0.6) is 11.5 Å². The SMILES string of the molecule is CCCCCCCCCCCCOc1ccc(C(=O)Oc2ccc(CC[C@H]3CC[C@H](CCCCC)CC3)cc2C#N)cc1. The van der Waals surface area contributed by atoms with Crippen LogP contribution in [0.25, 0.3) is 0 Å². The Morgan fingerprint density at radius 3 is 1.95 bits per heavy atom. The highest BCUT2D eigenvalue weighted by molar-refractivity contribution is 5.91. The van der Waals surface area contributed by atoms with Gasteiger partial charge in [-0.15, -0.1) is 0 Å². The molecular weight excluding hydrogens is 530 g/mol. The molecule has 0 saturated heterocycles. The van der Waals surface area contributed by atoms with Gasteiger partial charge >= 0.3 is 5.97 Å². The molecule has 0 unspecified atom stereocenters. The van der Waals surface area contributed by atoms with Gasteiger partial charge in [0.05, 0.1) is 17.7 Å². The van der Waals surface area contributed by atoms with E-state index in [1.165, 1.54) is 116 Å². The minimum absolute atomic E-state index is 0.324. The molecule has 4 heteroatoms. The van der Waals surface area contributed by atoms with Crippen LogP contribution >= 0.6 is 0 Å². The summed E-state index contributed by atoms with van der Waals surface area (Å²) in [5, 5.41) is 9.74. The van der Waals surface area contributed by atoms with Crippen molar-refractivity contribution < 1.29 is 14.3 Å². The third kappa shape index (κ3) is 13.6. The lowest BCUT2D eigenvalue weighted by atomic mass is 9.78. The van der Waals surface area contributed by atoms with Gasteiger partial charge in [-0.25, -0.2) is 4.79 Å². The summed E-state index contributed by atoms with van der Waals surface area (Å²) in [5.41, 5.74) is 2.01. The Morgan fingerprint density at radius 1 is 0.744 bits per heavy atom. The van der Waals surface area contributed by atoms with E-state index in [0.717, 1.165) is 36.0 Å². The van der Waals surface area contributed by atoms with Crippen LogP contribution in [0.3, 0.4) is 0 Å². The molecule has 0 aromatic heterocycles. The Bertz CT molecular complexity index is 1080. The largest absolute Gasteiger partial charge is 0.494 e. The van der Waals surface area contributed by atoms with Crippen LogP contribution in [0.4, 0.5) is 0 Å². The predicted molar refractivity (Wildman–Crippen MR) is 178 cm³/mol. The molecule has 0 atom stereocenters. The third-order valence-electron chi connectivity index (χ3n) is 9.25. The maximum atomic E-state index is 12.8. The van der Waals surface area contributed by atoms with Crippen molar-refractivity contribution in [3.63, 3.8) is 0 Å². The Morgan fingerprint density at radius 2 is 1.33 bits per heavy atom. The topological polar surface area (TPSA) is 59.3 Å². The Hall–Kier alpha value is -2.80. The average molecular weight is 588 g/mol. The highest BCUT2D eigenvalue weighted by atomic mass is 16.5. The van der Waals surface area contributed by atoms with Crippen molar-refractivity contribution in [1.82, 2.24) is 0 Å². The van der Waals surface area contributed by atoms with Gasteiger partial charge in [-0.1, -0.05) is 129 Å². The van der Waals surface area contributed by atoms with Crippen molar-refractivity contribution in [3.8, 4) is 17.6 Å². The van der Waals surface area contributed by atoms with Crippen molar-refractivity contribution in [3.05, 3.63) is 59.2 Å². The average Bonchev–Trinajstić information content (AvgIpc) is 3.04. The smallest absolute Gasteiger partial charge is 0.343 e. The number of carbonyl (C=O) groups excluding carboxylic acids is 1. The second-order valence-corrected chi connectivity index (χ2v) is 12.8. The van der Waals surface area contributed by atoms with Crippen molar-refractivity contribution in [2.24, 2.45) is 11.8 Å². The van der Waals surface area contributed by atoms with E-state index in [9.17, 15) is 10.1 Å². The Labute approximate surface area is 262 Å². The molecule has 2 aromatic carbocycles. The van der Waals surface area contributed by atoms with Gasteiger partial charge < -0.3 is 9.47 Å². The highest BCUT2D eigenvalue weighted by Crippen LogP contribution is 2.34. The van der Waals surface area contributed by atoms with Crippen molar-refractivity contribution in [2.75, 3.05) is 6.61 Å². The summed E-state index contributed by atoms with van der Waals surface area (Å²) in [6.45, 7) is 5.23. The fourth-order valence-corrected chi connectivity index (χ4v) is 6.40. The van der Waals surface area contributed by atoms with E-state index in [-0.39, 0.29) is 0 Å². The minimum atomic E-state index is -0.457. The number of unbranched alkanes of at least 4 members (excludes halogenated alkanes) is 11. The summed E-state index contributed by atoms with van der Waals surface area (Å²) in [7, 11) is 0. The molecule has 1 aliphatic carbocycles. The first kappa shape index (κ1) is 34.7. The summed E-state index contributed by atoms with van der Waals surface area (Å²) < 4.78 is 11.5. The molecule has 4 nitrogen and oxygen atoms in total. The molecule has 0 bridgehead atoms. The summed E-state index contributed by atoms with van der Waals surface area (Å²) in [5.74, 6) is 2.35. The first-order valence-electron chi connectivity index (χ1n) is 17.6. The molecule has 0 N–H and O–H groups in total. The van der Waals surface area contributed by atoms with E-state index in [0.29, 0.717) is 23.5 Å². The number of rotatable bonds is 21. The Balaban J connectivity index is 1.34. The lowest BCUT2D eigenvalue weighted by Gasteiger charge is -2.28. The molecule has 0 spiro atoms. The standard InChI is InChI=1S/C39H57NO3/c1-3-5-7-8-9-10-11-12-13-15-29-42-37-26-24-35(25-27-37)39(41)43-38-28-23-34(30-36(38)31-40)22-21-33-19-17-32(18-20-33)16-14-6-4-2/h23-28,30,32-33H,3-22,29H2,1-2H3/t32-,33-. The van der Waals surface area contributed by atoms with E-state index < -0.39 is 5.97 Å². The van der Waals surface area contributed by atoms with Crippen LogP contribution in [-0.4, -0.2) is 12.6 Å². The normalized spacial score (nSPS) is 16.5. The fraction of sp³-hybridized carbons (Fsp3) is 0.641. The number of ether oxygens (including phenoxy) is 2. The van der Waals surface area contributed by atoms with Gasteiger partial charge in [-0.05, 0) is 73.1 Å². The molecule has 1 aliphatic rings. The fourth-order valence-electron chi connectivity index (χ4n) is 6.40. The molecule has 43 heavy (non-hydrogen) atoms. The first-order valence-corrected chi connectivity index (χ1v) is 17.6. The number of nitrogens with zero attached hydrogens (tertiary/aromatic N) is 1.